The fourth-order valence-electron chi connectivity index (χ4n) is 3.57. The Bertz CT molecular complexity index is 708. The highest BCUT2D eigenvalue weighted by Gasteiger charge is 2.37. The number of benzene rings is 2. The SMILES string of the molecule is Fc1ccc([C@@H]2Nc3ccc(Br)cc3[C@@H]3C=CC[C@H]32)cc1. The zero-order chi connectivity index (χ0) is 14.4. The van der Waals surface area contributed by atoms with Crippen LogP contribution in [-0.2, 0) is 0 Å². The topological polar surface area (TPSA) is 12.0 Å². The van der Waals surface area contributed by atoms with Crippen LogP contribution >= 0.6 is 15.9 Å². The highest BCUT2D eigenvalue weighted by atomic mass is 79.9. The summed E-state index contributed by atoms with van der Waals surface area (Å²) in [6.45, 7) is 0. The lowest BCUT2D eigenvalue weighted by Gasteiger charge is -2.37. The van der Waals surface area contributed by atoms with Gasteiger partial charge in [-0.05, 0) is 53.8 Å². The van der Waals surface area contributed by atoms with Crippen LogP contribution in [0.3, 0.4) is 0 Å². The minimum absolute atomic E-state index is 0.181. The predicted octanol–water partition coefficient (Wildman–Crippen LogP) is 5.41. The van der Waals surface area contributed by atoms with Crippen LogP contribution in [0.5, 0.6) is 0 Å². The van der Waals surface area contributed by atoms with Crippen LogP contribution < -0.4 is 5.32 Å². The van der Waals surface area contributed by atoms with Gasteiger partial charge in [-0.25, -0.2) is 4.39 Å². The second kappa shape index (κ2) is 4.99. The van der Waals surface area contributed by atoms with Gasteiger partial charge in [0.05, 0.1) is 6.04 Å². The number of fused-ring (bicyclic) bond motifs is 3. The Labute approximate surface area is 132 Å². The summed E-state index contributed by atoms with van der Waals surface area (Å²) < 4.78 is 14.3. The van der Waals surface area contributed by atoms with Crippen LogP contribution in [0.4, 0.5) is 10.1 Å². The lowest BCUT2D eigenvalue weighted by molar-refractivity contribution is 0.425. The highest BCUT2D eigenvalue weighted by molar-refractivity contribution is 9.10. The molecule has 21 heavy (non-hydrogen) atoms. The predicted molar refractivity (Wildman–Crippen MR) is 86.9 cm³/mol. The molecule has 0 saturated heterocycles. The van der Waals surface area contributed by atoms with Crippen molar-refractivity contribution in [3.05, 3.63) is 76.0 Å². The Balaban J connectivity index is 1.78. The Hall–Kier alpha value is -1.61. The second-order valence-electron chi connectivity index (χ2n) is 5.76. The lowest BCUT2D eigenvalue weighted by Crippen LogP contribution is -2.29. The summed E-state index contributed by atoms with van der Waals surface area (Å²) in [5, 5.41) is 3.65. The van der Waals surface area contributed by atoms with E-state index < -0.39 is 0 Å². The molecule has 0 spiro atoms. The van der Waals surface area contributed by atoms with Gasteiger partial charge in [-0.15, -0.1) is 0 Å². The smallest absolute Gasteiger partial charge is 0.123 e. The van der Waals surface area contributed by atoms with Crippen molar-refractivity contribution in [2.45, 2.75) is 18.4 Å². The van der Waals surface area contributed by atoms with Gasteiger partial charge >= 0.3 is 0 Å². The molecule has 0 radical (unpaired) electrons. The van der Waals surface area contributed by atoms with Crippen molar-refractivity contribution in [3.8, 4) is 0 Å². The number of allylic oxidation sites excluding steroid dienone is 2. The van der Waals surface area contributed by atoms with E-state index in [2.05, 4.69) is 51.6 Å². The Morgan fingerprint density at radius 1 is 1.10 bits per heavy atom. The monoisotopic (exact) mass is 343 g/mol. The maximum atomic E-state index is 13.2. The summed E-state index contributed by atoms with van der Waals surface area (Å²) in [7, 11) is 0. The molecule has 4 rings (SSSR count). The van der Waals surface area contributed by atoms with Crippen LogP contribution in [0, 0.1) is 11.7 Å². The van der Waals surface area contributed by atoms with E-state index in [1.54, 1.807) is 12.1 Å². The molecule has 0 fully saturated rings. The van der Waals surface area contributed by atoms with Crippen molar-refractivity contribution in [3.63, 3.8) is 0 Å². The minimum atomic E-state index is -0.181. The van der Waals surface area contributed by atoms with Crippen LogP contribution in [0.1, 0.15) is 29.5 Å². The first-order valence-corrected chi connectivity index (χ1v) is 8.00. The van der Waals surface area contributed by atoms with E-state index >= 15 is 0 Å². The van der Waals surface area contributed by atoms with Gasteiger partial charge in [-0.2, -0.15) is 0 Å². The van der Waals surface area contributed by atoms with E-state index in [9.17, 15) is 4.39 Å². The molecule has 3 heteroatoms. The number of halogens is 2. The first-order chi connectivity index (χ1) is 10.2. The third-order valence-electron chi connectivity index (χ3n) is 4.55. The highest BCUT2D eigenvalue weighted by Crippen LogP contribution is 2.50. The third kappa shape index (κ3) is 2.20. The number of nitrogens with one attached hydrogen (secondary N) is 1. The van der Waals surface area contributed by atoms with Gasteiger partial charge in [0.2, 0.25) is 0 Å². The van der Waals surface area contributed by atoms with E-state index in [-0.39, 0.29) is 11.9 Å². The van der Waals surface area contributed by atoms with Crippen molar-refractivity contribution in [2.75, 3.05) is 5.32 Å². The lowest BCUT2D eigenvalue weighted by atomic mass is 9.77. The van der Waals surface area contributed by atoms with Crippen LogP contribution in [-0.4, -0.2) is 0 Å². The van der Waals surface area contributed by atoms with Gasteiger partial charge in [0, 0.05) is 16.1 Å². The maximum Gasteiger partial charge on any atom is 0.123 e. The molecule has 2 aromatic rings. The van der Waals surface area contributed by atoms with E-state index in [4.69, 9.17) is 0 Å². The molecule has 0 saturated carbocycles. The quantitative estimate of drug-likeness (QED) is 0.682. The number of rotatable bonds is 1. The second-order valence-corrected chi connectivity index (χ2v) is 6.67. The molecule has 3 atom stereocenters. The fraction of sp³-hybridized carbons (Fsp3) is 0.222. The first-order valence-electron chi connectivity index (χ1n) is 7.20. The molecule has 106 valence electrons. The first kappa shape index (κ1) is 13.1. The van der Waals surface area contributed by atoms with Crippen LogP contribution in [0.25, 0.3) is 0 Å². The van der Waals surface area contributed by atoms with Gasteiger partial charge in [0.25, 0.3) is 0 Å². The van der Waals surface area contributed by atoms with Crippen molar-refractivity contribution in [2.24, 2.45) is 5.92 Å². The molecule has 1 nitrogen and oxygen atoms in total. The zero-order valence-corrected chi connectivity index (χ0v) is 13.0. The van der Waals surface area contributed by atoms with Crippen molar-refractivity contribution >= 4 is 21.6 Å². The minimum Gasteiger partial charge on any atom is -0.378 e. The number of anilines is 1. The fourth-order valence-corrected chi connectivity index (χ4v) is 3.94. The summed E-state index contributed by atoms with van der Waals surface area (Å²) >= 11 is 3.56. The van der Waals surface area contributed by atoms with Crippen molar-refractivity contribution in [1.29, 1.82) is 0 Å². The van der Waals surface area contributed by atoms with E-state index in [1.807, 2.05) is 12.1 Å². The molecular formula is C18H15BrFN. The largest absolute Gasteiger partial charge is 0.378 e. The average Bonchev–Trinajstić information content (AvgIpc) is 2.97. The summed E-state index contributed by atoms with van der Waals surface area (Å²) in [5.41, 5.74) is 3.69. The molecule has 0 aromatic heterocycles. The normalized spacial score (nSPS) is 26.1. The number of hydrogen-bond acceptors (Lipinski definition) is 1. The van der Waals surface area contributed by atoms with Gasteiger partial charge in [0.1, 0.15) is 5.82 Å². The molecule has 1 aliphatic heterocycles. The van der Waals surface area contributed by atoms with Crippen molar-refractivity contribution in [1.82, 2.24) is 0 Å². The maximum absolute atomic E-state index is 13.2. The standard InChI is InChI=1S/C18H15BrFN/c19-12-6-9-17-16(10-12)14-2-1-3-15(14)18(21-17)11-4-7-13(20)8-5-11/h1-2,4-10,14-15,18,21H,3H2/t14-,15-,18+/m1/s1. The van der Waals surface area contributed by atoms with Crippen LogP contribution in [0.2, 0.25) is 0 Å². The van der Waals surface area contributed by atoms with Gasteiger partial charge in [-0.3, -0.25) is 0 Å². The van der Waals surface area contributed by atoms with Crippen molar-refractivity contribution < 1.29 is 4.39 Å². The van der Waals surface area contributed by atoms with E-state index in [0.717, 1.165) is 16.5 Å². The molecule has 0 bridgehead atoms. The average molecular weight is 344 g/mol. The molecule has 2 aromatic carbocycles. The Morgan fingerprint density at radius 2 is 1.90 bits per heavy atom. The van der Waals surface area contributed by atoms with Crippen LogP contribution in [0.15, 0.2) is 59.1 Å². The summed E-state index contributed by atoms with van der Waals surface area (Å²) in [6, 6.07) is 13.5. The number of hydrogen-bond donors (Lipinski definition) is 1. The van der Waals surface area contributed by atoms with Gasteiger partial charge < -0.3 is 5.32 Å². The Morgan fingerprint density at radius 3 is 2.71 bits per heavy atom. The molecular weight excluding hydrogens is 329 g/mol. The summed E-state index contributed by atoms with van der Waals surface area (Å²) in [4.78, 5) is 0. The Kier molecular flexibility index (Phi) is 3.11. The summed E-state index contributed by atoms with van der Waals surface area (Å²) in [6.07, 6.45) is 5.64. The van der Waals surface area contributed by atoms with E-state index in [1.165, 1.54) is 11.3 Å². The molecule has 0 unspecified atom stereocenters. The van der Waals surface area contributed by atoms with Gasteiger partial charge in [0.15, 0.2) is 0 Å². The molecule has 0 amide bonds. The van der Waals surface area contributed by atoms with Gasteiger partial charge in [-0.1, -0.05) is 40.2 Å². The molecule has 2 aliphatic rings. The summed E-state index contributed by atoms with van der Waals surface area (Å²) in [5.74, 6) is 0.756. The van der Waals surface area contributed by atoms with E-state index in [0.29, 0.717) is 11.8 Å². The third-order valence-corrected chi connectivity index (χ3v) is 5.05. The molecule has 1 aliphatic carbocycles. The zero-order valence-electron chi connectivity index (χ0n) is 11.4. The molecule has 1 N–H and O–H groups in total. The molecule has 1 heterocycles.